The van der Waals surface area contributed by atoms with Crippen molar-refractivity contribution in [2.24, 2.45) is 0 Å². The molecule has 0 saturated carbocycles. The Kier molecular flexibility index (Phi) is 11.0. The van der Waals surface area contributed by atoms with Crippen molar-refractivity contribution in [3.05, 3.63) is 94.1 Å². The third kappa shape index (κ3) is 9.73. The monoisotopic (exact) mass is 587 g/mol. The van der Waals surface area contributed by atoms with Crippen LogP contribution in [0.1, 0.15) is 53.2 Å². The van der Waals surface area contributed by atoms with E-state index < -0.39 is 6.09 Å². The van der Waals surface area contributed by atoms with Gasteiger partial charge in [0.25, 0.3) is 0 Å². The van der Waals surface area contributed by atoms with Gasteiger partial charge in [-0.3, -0.25) is 9.59 Å². The van der Waals surface area contributed by atoms with E-state index in [0.29, 0.717) is 10.9 Å². The molecule has 0 saturated heterocycles. The fourth-order valence-electron chi connectivity index (χ4n) is 4.16. The van der Waals surface area contributed by atoms with Crippen molar-refractivity contribution in [2.45, 2.75) is 51.5 Å². The first-order chi connectivity index (χ1) is 20.4. The number of methoxy groups -OCH3 is 1. The third-order valence-corrected chi connectivity index (χ3v) is 7.22. The number of unbranched alkanes of at least 4 members (excludes halogenated alkanes) is 1. The summed E-state index contributed by atoms with van der Waals surface area (Å²) in [6, 6.07) is 20.4. The van der Waals surface area contributed by atoms with Gasteiger partial charge < -0.3 is 20.7 Å². The average molecular weight is 588 g/mol. The fraction of sp³-hybridized carbons (Fsp3) is 0.300. The van der Waals surface area contributed by atoms with Gasteiger partial charge in [-0.1, -0.05) is 65.9 Å². The van der Waals surface area contributed by atoms with E-state index in [0.717, 1.165) is 53.1 Å². The molecule has 0 fully saturated rings. The molecule has 2 aromatic heterocycles. The summed E-state index contributed by atoms with van der Waals surface area (Å²) in [5.74, 6) is 0.104. The van der Waals surface area contributed by atoms with Gasteiger partial charge in [0.15, 0.2) is 5.82 Å². The molecule has 2 aromatic carbocycles. The lowest BCUT2D eigenvalue weighted by Gasteiger charge is -2.14. The summed E-state index contributed by atoms with van der Waals surface area (Å²) in [5.41, 5.74) is 3.48. The summed E-state index contributed by atoms with van der Waals surface area (Å²) in [6.07, 6.45) is 3.19. The smallest absolute Gasteiger partial charge is 0.407 e. The highest BCUT2D eigenvalue weighted by molar-refractivity contribution is 7.15. The van der Waals surface area contributed by atoms with E-state index in [1.165, 1.54) is 18.4 Å². The molecule has 0 aliphatic heterocycles. The molecule has 0 bridgehead atoms. The van der Waals surface area contributed by atoms with Crippen LogP contribution in [-0.2, 0) is 40.0 Å². The summed E-state index contributed by atoms with van der Waals surface area (Å²) in [7, 11) is 1.31. The molecule has 1 unspecified atom stereocenters. The van der Waals surface area contributed by atoms with Gasteiger partial charge in [-0.05, 0) is 55.0 Å². The van der Waals surface area contributed by atoms with Gasteiger partial charge in [-0.2, -0.15) is 5.10 Å². The Labute approximate surface area is 248 Å². The fourth-order valence-corrected chi connectivity index (χ4v) is 4.95. The molecule has 0 aliphatic carbocycles. The van der Waals surface area contributed by atoms with E-state index >= 15 is 0 Å². The van der Waals surface area contributed by atoms with Gasteiger partial charge >= 0.3 is 6.09 Å². The summed E-state index contributed by atoms with van der Waals surface area (Å²) in [5, 5.41) is 26.3. The Morgan fingerprint density at radius 3 is 2.31 bits per heavy atom. The van der Waals surface area contributed by atoms with Gasteiger partial charge in [0.2, 0.25) is 16.9 Å². The van der Waals surface area contributed by atoms with Crippen LogP contribution in [0.4, 0.5) is 15.7 Å². The van der Waals surface area contributed by atoms with Crippen LogP contribution in [-0.4, -0.2) is 45.4 Å². The Hall–Kier alpha value is -4.71. The number of benzene rings is 2. The minimum Gasteiger partial charge on any atom is -0.453 e. The lowest BCUT2D eigenvalue weighted by molar-refractivity contribution is -0.116. The van der Waals surface area contributed by atoms with Crippen molar-refractivity contribution in [1.82, 2.24) is 25.7 Å². The SMILES string of the molecule is COC(=O)NC(C)c1cccc(CC(=O)Nc2nnc(CCCCc3ccc(NC(=O)Cc4ccccc4)nn3)s2)c1. The molecule has 4 rings (SSSR count). The summed E-state index contributed by atoms with van der Waals surface area (Å²) < 4.78 is 4.64. The van der Waals surface area contributed by atoms with E-state index in [-0.39, 0.29) is 30.7 Å². The Bertz CT molecular complexity index is 1480. The maximum atomic E-state index is 12.6. The van der Waals surface area contributed by atoms with Crippen molar-refractivity contribution in [2.75, 3.05) is 17.7 Å². The van der Waals surface area contributed by atoms with Gasteiger partial charge in [-0.25, -0.2) is 4.79 Å². The van der Waals surface area contributed by atoms with Crippen LogP contribution in [0.2, 0.25) is 0 Å². The molecule has 3 N–H and O–H groups in total. The second-order valence-corrected chi connectivity index (χ2v) is 10.7. The summed E-state index contributed by atoms with van der Waals surface area (Å²) in [4.78, 5) is 36.3. The normalized spacial score (nSPS) is 11.4. The zero-order chi connectivity index (χ0) is 29.7. The van der Waals surface area contributed by atoms with Crippen molar-refractivity contribution in [3.63, 3.8) is 0 Å². The van der Waals surface area contributed by atoms with Crippen molar-refractivity contribution < 1.29 is 19.1 Å². The second kappa shape index (κ2) is 15.3. The number of carbonyl (C=O) groups is 3. The minimum atomic E-state index is -0.512. The lowest BCUT2D eigenvalue weighted by Crippen LogP contribution is -2.26. The number of nitrogens with one attached hydrogen (secondary N) is 3. The molecule has 4 aromatic rings. The number of alkyl carbamates (subject to hydrolysis) is 1. The molecule has 11 nitrogen and oxygen atoms in total. The van der Waals surface area contributed by atoms with Crippen molar-refractivity contribution in [1.29, 1.82) is 0 Å². The molecule has 12 heteroatoms. The largest absolute Gasteiger partial charge is 0.453 e. The van der Waals surface area contributed by atoms with E-state index in [1.54, 1.807) is 6.07 Å². The number of rotatable bonds is 13. The van der Waals surface area contributed by atoms with Crippen LogP contribution in [0, 0.1) is 0 Å². The lowest BCUT2D eigenvalue weighted by atomic mass is 10.0. The van der Waals surface area contributed by atoms with Gasteiger partial charge in [-0.15, -0.1) is 15.3 Å². The average Bonchev–Trinajstić information content (AvgIpc) is 3.43. The molecular formula is C30H33N7O4S. The van der Waals surface area contributed by atoms with Crippen molar-refractivity contribution >= 4 is 40.2 Å². The van der Waals surface area contributed by atoms with E-state index in [2.05, 4.69) is 41.1 Å². The standard InChI is InChI=1S/C30H33N7O4S/c1-20(31-30(40)41-2)23-12-8-11-22(17-23)19-27(39)33-29-37-36-28(42-29)14-7-6-13-24-15-16-25(35-34-24)32-26(38)18-21-9-4-3-5-10-21/h3-5,8-12,15-17,20H,6-7,13-14,18-19H2,1-2H3,(H,31,40)(H,32,35,38)(H,33,37,39). The van der Waals surface area contributed by atoms with Gasteiger partial charge in [0.05, 0.1) is 31.7 Å². The molecular weight excluding hydrogens is 554 g/mol. The van der Waals surface area contributed by atoms with Crippen molar-refractivity contribution in [3.8, 4) is 0 Å². The predicted molar refractivity (Wildman–Crippen MR) is 160 cm³/mol. The number of nitrogens with zero attached hydrogens (tertiary/aromatic N) is 4. The predicted octanol–water partition coefficient (Wildman–Crippen LogP) is 4.67. The highest BCUT2D eigenvalue weighted by Crippen LogP contribution is 2.19. The molecule has 2 heterocycles. The first-order valence-electron chi connectivity index (χ1n) is 13.6. The van der Waals surface area contributed by atoms with Gasteiger partial charge in [0, 0.05) is 6.42 Å². The maximum absolute atomic E-state index is 12.6. The van der Waals surface area contributed by atoms with Gasteiger partial charge in [0.1, 0.15) is 5.01 Å². The van der Waals surface area contributed by atoms with E-state index in [9.17, 15) is 14.4 Å². The number of carbonyl (C=O) groups excluding carboxylic acids is 3. The van der Waals surface area contributed by atoms with E-state index in [4.69, 9.17) is 0 Å². The van der Waals surface area contributed by atoms with Crippen LogP contribution >= 0.6 is 11.3 Å². The highest BCUT2D eigenvalue weighted by atomic mass is 32.1. The van der Waals surface area contributed by atoms with Crippen LogP contribution in [0.5, 0.6) is 0 Å². The maximum Gasteiger partial charge on any atom is 0.407 e. The van der Waals surface area contributed by atoms with E-state index in [1.807, 2.05) is 67.6 Å². The van der Waals surface area contributed by atoms with Crippen LogP contribution < -0.4 is 16.0 Å². The van der Waals surface area contributed by atoms with Crippen LogP contribution in [0.3, 0.4) is 0 Å². The van der Waals surface area contributed by atoms with Crippen LogP contribution in [0.15, 0.2) is 66.7 Å². The molecule has 3 amide bonds. The number of hydrogen-bond donors (Lipinski definition) is 3. The number of amides is 3. The number of hydrogen-bond acceptors (Lipinski definition) is 9. The molecule has 218 valence electrons. The summed E-state index contributed by atoms with van der Waals surface area (Å²) in [6.45, 7) is 1.85. The van der Waals surface area contributed by atoms with Crippen LogP contribution in [0.25, 0.3) is 0 Å². The second-order valence-electron chi connectivity index (χ2n) is 9.66. The topological polar surface area (TPSA) is 148 Å². The first kappa shape index (κ1) is 30.3. The molecule has 1 atom stereocenters. The number of aryl methyl sites for hydroxylation is 2. The molecule has 42 heavy (non-hydrogen) atoms. The number of anilines is 2. The number of aromatic nitrogens is 4. The highest BCUT2D eigenvalue weighted by Gasteiger charge is 2.13. The third-order valence-electron chi connectivity index (χ3n) is 6.32. The quantitative estimate of drug-likeness (QED) is 0.191. The minimum absolute atomic E-state index is 0.135. The molecule has 0 aliphatic rings. The first-order valence-corrected chi connectivity index (χ1v) is 14.4. The molecule has 0 spiro atoms. The Morgan fingerprint density at radius 1 is 0.810 bits per heavy atom. The zero-order valence-electron chi connectivity index (χ0n) is 23.5. The Balaban J connectivity index is 1.16. The molecule has 0 radical (unpaired) electrons. The Morgan fingerprint density at radius 2 is 1.55 bits per heavy atom. The zero-order valence-corrected chi connectivity index (χ0v) is 24.3. The number of ether oxygens (including phenoxy) is 1. The summed E-state index contributed by atoms with van der Waals surface area (Å²) >= 11 is 1.36.